The Hall–Kier alpha value is -0.710. The van der Waals surface area contributed by atoms with Gasteiger partial charge < -0.3 is 10.6 Å². The summed E-state index contributed by atoms with van der Waals surface area (Å²) in [5.41, 5.74) is 3.58. The van der Waals surface area contributed by atoms with E-state index in [1.54, 1.807) is 6.33 Å². The highest BCUT2D eigenvalue weighted by molar-refractivity contribution is 5.85. The summed E-state index contributed by atoms with van der Waals surface area (Å²) in [5.74, 6) is 0. The van der Waals surface area contributed by atoms with E-state index in [-0.39, 0.29) is 17.9 Å². The molecule has 4 nitrogen and oxygen atoms in total. The van der Waals surface area contributed by atoms with Gasteiger partial charge in [0.15, 0.2) is 0 Å². The molecule has 2 aliphatic heterocycles. The zero-order chi connectivity index (χ0) is 10.5. The topological polar surface area (TPSA) is 49.8 Å². The van der Waals surface area contributed by atoms with Gasteiger partial charge in [0.05, 0.1) is 11.2 Å². The van der Waals surface area contributed by atoms with Crippen molar-refractivity contribution in [1.29, 1.82) is 0 Å². The number of piperazine rings is 1. The number of aryl methyl sites for hydroxylation is 1. The van der Waals surface area contributed by atoms with E-state index in [1.165, 1.54) is 11.3 Å². The van der Waals surface area contributed by atoms with Crippen molar-refractivity contribution in [1.82, 2.24) is 20.6 Å². The fourth-order valence-electron chi connectivity index (χ4n) is 2.77. The molecule has 0 saturated carbocycles. The predicted molar refractivity (Wildman–Crippen MR) is 64.8 cm³/mol. The lowest BCUT2D eigenvalue weighted by Gasteiger charge is -2.28. The molecule has 3 heterocycles. The lowest BCUT2D eigenvalue weighted by Crippen LogP contribution is -2.48. The number of nitrogens with zero attached hydrogens (tertiary/aromatic N) is 2. The molecule has 2 fully saturated rings. The van der Waals surface area contributed by atoms with E-state index < -0.39 is 0 Å². The predicted octanol–water partition coefficient (Wildman–Crippen LogP) is 0.676. The number of halogens is 1. The van der Waals surface area contributed by atoms with Gasteiger partial charge in [0.1, 0.15) is 6.33 Å². The summed E-state index contributed by atoms with van der Waals surface area (Å²) in [5, 5.41) is 7.12. The van der Waals surface area contributed by atoms with Gasteiger partial charge >= 0.3 is 0 Å². The highest BCUT2D eigenvalue weighted by Crippen LogP contribution is 2.35. The lowest BCUT2D eigenvalue weighted by molar-refractivity contribution is 0.379. The lowest BCUT2D eigenvalue weighted by atomic mass is 9.91. The fourth-order valence-corrected chi connectivity index (χ4v) is 2.77. The van der Waals surface area contributed by atoms with Crippen LogP contribution in [0.25, 0.3) is 0 Å². The molecule has 1 aromatic rings. The molecule has 2 bridgehead atoms. The smallest absolute Gasteiger partial charge is 0.116 e. The molecule has 2 aliphatic rings. The van der Waals surface area contributed by atoms with Gasteiger partial charge in [-0.25, -0.2) is 9.97 Å². The minimum absolute atomic E-state index is 0. The maximum atomic E-state index is 4.48. The van der Waals surface area contributed by atoms with Crippen LogP contribution in [0.2, 0.25) is 0 Å². The molecule has 0 aliphatic carbocycles. The minimum atomic E-state index is 0. The average molecular weight is 241 g/mol. The number of fused-ring (bicyclic) bond motifs is 2. The van der Waals surface area contributed by atoms with Gasteiger partial charge in [-0.1, -0.05) is 0 Å². The monoisotopic (exact) mass is 240 g/mol. The Labute approximate surface area is 102 Å². The standard InChI is InChI=1S/C11H16N4.ClH/c1-7-8(2)13-6-14-10(7)11-3-9(4-15-11)12-5-11;/h6,9,12,15H,3-5H2,1-2H3;1H. The second-order valence-electron chi connectivity index (χ2n) is 4.68. The molecule has 2 atom stereocenters. The first-order valence-corrected chi connectivity index (χ1v) is 5.48. The summed E-state index contributed by atoms with van der Waals surface area (Å²) in [6.07, 6.45) is 2.84. The summed E-state index contributed by atoms with van der Waals surface area (Å²) in [6, 6.07) is 0.625. The zero-order valence-electron chi connectivity index (χ0n) is 9.58. The van der Waals surface area contributed by atoms with E-state index in [1.807, 2.05) is 6.92 Å². The maximum Gasteiger partial charge on any atom is 0.116 e. The van der Waals surface area contributed by atoms with Crippen molar-refractivity contribution in [3.8, 4) is 0 Å². The molecule has 2 unspecified atom stereocenters. The average Bonchev–Trinajstić information content (AvgIpc) is 2.83. The van der Waals surface area contributed by atoms with Crippen LogP contribution in [0.1, 0.15) is 23.4 Å². The first-order chi connectivity index (χ1) is 7.21. The Morgan fingerprint density at radius 2 is 2.19 bits per heavy atom. The normalized spacial score (nSPS) is 31.5. The van der Waals surface area contributed by atoms with Gasteiger partial charge in [0.25, 0.3) is 0 Å². The van der Waals surface area contributed by atoms with Crippen molar-refractivity contribution in [2.75, 3.05) is 13.1 Å². The van der Waals surface area contributed by atoms with Gasteiger partial charge in [-0.2, -0.15) is 0 Å². The van der Waals surface area contributed by atoms with E-state index >= 15 is 0 Å². The molecule has 0 amide bonds. The van der Waals surface area contributed by atoms with Crippen molar-refractivity contribution in [3.05, 3.63) is 23.3 Å². The van der Waals surface area contributed by atoms with Crippen molar-refractivity contribution in [3.63, 3.8) is 0 Å². The fraction of sp³-hybridized carbons (Fsp3) is 0.636. The van der Waals surface area contributed by atoms with E-state index in [4.69, 9.17) is 0 Å². The highest BCUT2D eigenvalue weighted by atomic mass is 35.5. The summed E-state index contributed by atoms with van der Waals surface area (Å²) in [6.45, 7) is 6.22. The molecule has 0 radical (unpaired) electrons. The Kier molecular flexibility index (Phi) is 2.90. The molecule has 2 N–H and O–H groups in total. The maximum absolute atomic E-state index is 4.48. The molecular formula is C11H17ClN4. The molecule has 0 spiro atoms. The van der Waals surface area contributed by atoms with Crippen LogP contribution in [0, 0.1) is 13.8 Å². The summed E-state index contributed by atoms with van der Waals surface area (Å²) in [7, 11) is 0. The third kappa shape index (κ3) is 1.52. The quantitative estimate of drug-likeness (QED) is 0.758. The number of aromatic nitrogens is 2. The van der Waals surface area contributed by atoms with Crippen LogP contribution < -0.4 is 10.6 Å². The van der Waals surface area contributed by atoms with Gasteiger partial charge in [0, 0.05) is 24.8 Å². The largest absolute Gasteiger partial charge is 0.310 e. The second kappa shape index (κ2) is 3.95. The summed E-state index contributed by atoms with van der Waals surface area (Å²) in [4.78, 5) is 8.71. The molecule has 88 valence electrons. The van der Waals surface area contributed by atoms with E-state index in [0.717, 1.165) is 25.2 Å². The third-order valence-corrected chi connectivity index (χ3v) is 3.76. The van der Waals surface area contributed by atoms with Crippen LogP contribution in [-0.2, 0) is 5.54 Å². The van der Waals surface area contributed by atoms with Crippen molar-refractivity contribution >= 4 is 12.4 Å². The third-order valence-electron chi connectivity index (χ3n) is 3.76. The SMILES string of the molecule is Cc1ncnc(C23CNC(CN2)C3)c1C.Cl. The summed E-state index contributed by atoms with van der Waals surface area (Å²) < 4.78 is 0. The molecule has 1 aromatic heterocycles. The van der Waals surface area contributed by atoms with Crippen LogP contribution >= 0.6 is 12.4 Å². The van der Waals surface area contributed by atoms with Crippen LogP contribution in [0.4, 0.5) is 0 Å². The van der Waals surface area contributed by atoms with Crippen LogP contribution in [0.5, 0.6) is 0 Å². The van der Waals surface area contributed by atoms with Crippen LogP contribution in [0.3, 0.4) is 0 Å². The number of nitrogens with one attached hydrogen (secondary N) is 2. The first-order valence-electron chi connectivity index (χ1n) is 5.48. The van der Waals surface area contributed by atoms with Crippen molar-refractivity contribution in [2.45, 2.75) is 31.8 Å². The Morgan fingerprint density at radius 3 is 2.75 bits per heavy atom. The van der Waals surface area contributed by atoms with Gasteiger partial charge in [-0.05, 0) is 25.8 Å². The van der Waals surface area contributed by atoms with Gasteiger partial charge in [-0.15, -0.1) is 12.4 Å². The number of hydrogen-bond donors (Lipinski definition) is 2. The van der Waals surface area contributed by atoms with Gasteiger partial charge in [-0.3, -0.25) is 0 Å². The zero-order valence-corrected chi connectivity index (χ0v) is 10.4. The van der Waals surface area contributed by atoms with Crippen molar-refractivity contribution in [2.24, 2.45) is 0 Å². The van der Waals surface area contributed by atoms with Crippen molar-refractivity contribution < 1.29 is 0 Å². The Bertz CT molecular complexity index is 399. The van der Waals surface area contributed by atoms with E-state index in [0.29, 0.717) is 6.04 Å². The first kappa shape index (κ1) is 11.8. The summed E-state index contributed by atoms with van der Waals surface area (Å²) >= 11 is 0. The number of rotatable bonds is 1. The second-order valence-corrected chi connectivity index (χ2v) is 4.68. The highest BCUT2D eigenvalue weighted by Gasteiger charge is 2.47. The number of hydrogen-bond acceptors (Lipinski definition) is 4. The Morgan fingerprint density at radius 1 is 1.38 bits per heavy atom. The molecule has 3 rings (SSSR count). The molecule has 16 heavy (non-hydrogen) atoms. The van der Waals surface area contributed by atoms with Gasteiger partial charge in [0.2, 0.25) is 0 Å². The minimum Gasteiger partial charge on any atom is -0.310 e. The van der Waals surface area contributed by atoms with E-state index in [2.05, 4.69) is 27.5 Å². The molecule has 0 aromatic carbocycles. The van der Waals surface area contributed by atoms with E-state index in [9.17, 15) is 0 Å². The molecule has 5 heteroatoms. The molecular weight excluding hydrogens is 224 g/mol. The van der Waals surface area contributed by atoms with Crippen LogP contribution in [0.15, 0.2) is 6.33 Å². The molecule has 2 saturated heterocycles. The Balaban J connectivity index is 0.000000963. The van der Waals surface area contributed by atoms with Crippen LogP contribution in [-0.4, -0.2) is 29.1 Å².